The minimum atomic E-state index is 0. The summed E-state index contributed by atoms with van der Waals surface area (Å²) in [4.78, 5) is 4.34. The van der Waals surface area contributed by atoms with E-state index in [4.69, 9.17) is 5.73 Å². The van der Waals surface area contributed by atoms with Crippen LogP contribution in [0.25, 0.3) is 0 Å². The van der Waals surface area contributed by atoms with Crippen LogP contribution >= 0.6 is 59.8 Å². The van der Waals surface area contributed by atoms with Gasteiger partial charge in [-0.05, 0) is 22.6 Å². The molecule has 1 rings (SSSR count). The van der Waals surface area contributed by atoms with E-state index in [9.17, 15) is 0 Å². The van der Waals surface area contributed by atoms with Gasteiger partial charge in [-0.25, -0.2) is 4.98 Å². The van der Waals surface area contributed by atoms with Crippen LogP contribution in [-0.2, 0) is 13.0 Å². The van der Waals surface area contributed by atoms with Crippen molar-refractivity contribution in [2.45, 2.75) is 19.9 Å². The first kappa shape index (κ1) is 20.2. The van der Waals surface area contributed by atoms with Gasteiger partial charge < -0.3 is 10.3 Å². The quantitative estimate of drug-likeness (QED) is 0.825. The Balaban J connectivity index is -0.000000403. The predicted molar refractivity (Wildman–Crippen MR) is 75.1 cm³/mol. The molecule has 0 bridgehead atoms. The van der Waals surface area contributed by atoms with Gasteiger partial charge >= 0.3 is 0 Å². The molecule has 2 N–H and O–H groups in total. The molecule has 0 amide bonds. The molecule has 7 heteroatoms. The number of aryl methyl sites for hydroxylation is 1. The molecule has 0 saturated heterocycles. The van der Waals surface area contributed by atoms with Gasteiger partial charge in [-0.3, -0.25) is 0 Å². The molecule has 0 fully saturated rings. The van der Waals surface area contributed by atoms with Gasteiger partial charge in [0.15, 0.2) is 0 Å². The fourth-order valence-corrected chi connectivity index (χ4v) is 1.65. The third-order valence-electron chi connectivity index (χ3n) is 1.52. The zero-order valence-corrected chi connectivity index (χ0v) is 12.4. The Morgan fingerprint density at radius 1 is 1.43 bits per heavy atom. The molecular formula is C7H15Cl3IN3. The molecule has 0 aliphatic heterocycles. The van der Waals surface area contributed by atoms with E-state index in [1.54, 1.807) is 0 Å². The van der Waals surface area contributed by atoms with E-state index in [1.807, 2.05) is 6.20 Å². The van der Waals surface area contributed by atoms with Crippen molar-refractivity contribution in [2.24, 2.45) is 5.73 Å². The van der Waals surface area contributed by atoms with Crippen LogP contribution in [0.1, 0.15) is 12.7 Å². The van der Waals surface area contributed by atoms with Crippen molar-refractivity contribution in [1.82, 2.24) is 9.55 Å². The molecule has 14 heavy (non-hydrogen) atoms. The maximum atomic E-state index is 5.44. The maximum Gasteiger partial charge on any atom is 0.119 e. The van der Waals surface area contributed by atoms with Crippen LogP contribution in [0, 0.1) is 3.70 Å². The molecule has 1 aromatic heterocycles. The smallest absolute Gasteiger partial charge is 0.119 e. The van der Waals surface area contributed by atoms with Crippen LogP contribution in [0.15, 0.2) is 6.20 Å². The summed E-state index contributed by atoms with van der Waals surface area (Å²) < 4.78 is 3.16. The fraction of sp³-hybridized carbons (Fsp3) is 0.571. The highest BCUT2D eigenvalue weighted by Crippen LogP contribution is 2.05. The Morgan fingerprint density at radius 2 is 2.00 bits per heavy atom. The Hall–Kier alpha value is 0.770. The first-order chi connectivity index (χ1) is 5.27. The second-order valence-electron chi connectivity index (χ2n) is 2.32. The summed E-state index contributed by atoms with van der Waals surface area (Å²) in [5, 5.41) is 0. The average Bonchev–Trinajstić information content (AvgIpc) is 2.32. The monoisotopic (exact) mass is 373 g/mol. The van der Waals surface area contributed by atoms with E-state index < -0.39 is 0 Å². The van der Waals surface area contributed by atoms with E-state index in [2.05, 4.69) is 39.1 Å². The van der Waals surface area contributed by atoms with E-state index in [1.165, 1.54) is 0 Å². The van der Waals surface area contributed by atoms with Crippen LogP contribution < -0.4 is 5.73 Å². The molecule has 0 saturated carbocycles. The van der Waals surface area contributed by atoms with Crippen molar-refractivity contribution in [3.05, 3.63) is 15.7 Å². The van der Waals surface area contributed by atoms with Crippen LogP contribution in [0.4, 0.5) is 0 Å². The lowest BCUT2D eigenvalue weighted by molar-refractivity contribution is 0.666. The van der Waals surface area contributed by atoms with Gasteiger partial charge in [0.1, 0.15) is 9.53 Å². The zero-order chi connectivity index (χ0) is 8.27. The second-order valence-corrected chi connectivity index (χ2v) is 3.42. The molecule has 0 radical (unpaired) electrons. The molecule has 0 aliphatic carbocycles. The number of nitrogens with two attached hydrogens (primary N) is 1. The Kier molecular flexibility index (Phi) is 14.9. The Morgan fingerprint density at radius 3 is 2.43 bits per heavy atom. The second kappa shape index (κ2) is 10.3. The van der Waals surface area contributed by atoms with Gasteiger partial charge in [-0.2, -0.15) is 0 Å². The first-order valence-corrected chi connectivity index (χ1v) is 4.77. The van der Waals surface area contributed by atoms with Crippen LogP contribution in [-0.4, -0.2) is 16.1 Å². The van der Waals surface area contributed by atoms with Crippen molar-refractivity contribution in [3.63, 3.8) is 0 Å². The summed E-state index contributed by atoms with van der Waals surface area (Å²) in [7, 11) is 0. The largest absolute Gasteiger partial charge is 0.333 e. The van der Waals surface area contributed by atoms with E-state index in [0.717, 1.165) is 22.5 Å². The maximum absolute atomic E-state index is 5.44. The van der Waals surface area contributed by atoms with Crippen LogP contribution in [0.2, 0.25) is 0 Å². The van der Waals surface area contributed by atoms with Gasteiger partial charge in [0.05, 0.1) is 0 Å². The van der Waals surface area contributed by atoms with Gasteiger partial charge in [0, 0.05) is 25.7 Å². The van der Waals surface area contributed by atoms with Crippen LogP contribution in [0.3, 0.4) is 0 Å². The van der Waals surface area contributed by atoms with Gasteiger partial charge in [0.2, 0.25) is 0 Å². The standard InChI is InChI=1S/C7H12IN3.3ClH/c1-2-7-10-6(8)5-11(7)4-3-9;;;/h5H,2-4,9H2,1H3;3*1H. The SMILES string of the molecule is CCc1nc(I)cn1CCN.Cl.Cl.Cl. The lowest BCUT2D eigenvalue weighted by Crippen LogP contribution is -2.11. The molecule has 0 unspecified atom stereocenters. The summed E-state index contributed by atoms with van der Waals surface area (Å²) in [6.45, 7) is 3.66. The average molecular weight is 374 g/mol. The highest BCUT2D eigenvalue weighted by Gasteiger charge is 2.01. The highest BCUT2D eigenvalue weighted by atomic mass is 127. The molecule has 0 atom stereocenters. The lowest BCUT2D eigenvalue weighted by Gasteiger charge is -2.01. The molecule has 1 aromatic rings. The summed E-state index contributed by atoms with van der Waals surface area (Å²) in [6, 6.07) is 0. The van der Waals surface area contributed by atoms with Gasteiger partial charge in [-0.15, -0.1) is 37.2 Å². The Bertz CT molecular complexity index is 242. The fourth-order valence-electron chi connectivity index (χ4n) is 1.03. The van der Waals surface area contributed by atoms with Gasteiger partial charge in [-0.1, -0.05) is 6.92 Å². The van der Waals surface area contributed by atoms with Crippen molar-refractivity contribution < 1.29 is 0 Å². The molecule has 0 spiro atoms. The van der Waals surface area contributed by atoms with E-state index in [0.29, 0.717) is 6.54 Å². The van der Waals surface area contributed by atoms with Crippen molar-refractivity contribution in [3.8, 4) is 0 Å². The number of rotatable bonds is 3. The molecular weight excluding hydrogens is 359 g/mol. The molecule has 1 heterocycles. The minimum absolute atomic E-state index is 0. The lowest BCUT2D eigenvalue weighted by atomic mass is 10.4. The summed E-state index contributed by atoms with van der Waals surface area (Å²) in [6.07, 6.45) is 3.01. The number of imidazole rings is 1. The number of aromatic nitrogens is 2. The molecule has 0 aromatic carbocycles. The third kappa shape index (κ3) is 5.60. The van der Waals surface area contributed by atoms with E-state index in [-0.39, 0.29) is 37.2 Å². The van der Waals surface area contributed by atoms with Crippen molar-refractivity contribution >= 4 is 59.8 Å². The number of hydrogen-bond donors (Lipinski definition) is 1. The highest BCUT2D eigenvalue weighted by molar-refractivity contribution is 14.1. The third-order valence-corrected chi connectivity index (χ3v) is 2.04. The number of halogens is 4. The number of nitrogens with zero attached hydrogens (tertiary/aromatic N) is 2. The molecule has 0 aliphatic rings. The van der Waals surface area contributed by atoms with Crippen molar-refractivity contribution in [2.75, 3.05) is 6.54 Å². The predicted octanol–water partition coefficient (Wildman–Crippen LogP) is 2.27. The topological polar surface area (TPSA) is 43.8 Å². The normalized spacial score (nSPS) is 8.21. The Labute approximate surface area is 117 Å². The zero-order valence-electron chi connectivity index (χ0n) is 7.77. The number of hydrogen-bond acceptors (Lipinski definition) is 2. The van der Waals surface area contributed by atoms with Gasteiger partial charge in [0.25, 0.3) is 0 Å². The van der Waals surface area contributed by atoms with Crippen LogP contribution in [0.5, 0.6) is 0 Å². The summed E-state index contributed by atoms with van der Waals surface area (Å²) >= 11 is 2.22. The van der Waals surface area contributed by atoms with Crippen molar-refractivity contribution in [1.29, 1.82) is 0 Å². The van der Waals surface area contributed by atoms with E-state index >= 15 is 0 Å². The molecule has 86 valence electrons. The minimum Gasteiger partial charge on any atom is -0.333 e. The first-order valence-electron chi connectivity index (χ1n) is 3.69. The summed E-state index contributed by atoms with van der Waals surface area (Å²) in [5.41, 5.74) is 5.44. The summed E-state index contributed by atoms with van der Waals surface area (Å²) in [5.74, 6) is 1.12. The molecule has 3 nitrogen and oxygen atoms in total.